The first-order valence-electron chi connectivity index (χ1n) is 6.25. The van der Waals surface area contributed by atoms with Crippen molar-refractivity contribution in [2.45, 2.75) is 44.5 Å². The van der Waals surface area contributed by atoms with Crippen LogP contribution in [0.15, 0.2) is 24.4 Å². The zero-order valence-corrected chi connectivity index (χ0v) is 10.3. The molecule has 0 bridgehead atoms. The molecule has 1 aliphatic rings. The number of Topliss-reactive ketones (excluding diaryl/α,β-unsaturated/α-hetero) is 1. The van der Waals surface area contributed by atoms with E-state index in [2.05, 4.69) is 11.1 Å². The average molecular weight is 231 g/mol. The second kappa shape index (κ2) is 5.96. The molecule has 2 heterocycles. The van der Waals surface area contributed by atoms with Gasteiger partial charge in [-0.2, -0.15) is 0 Å². The van der Waals surface area contributed by atoms with Crippen molar-refractivity contribution >= 4 is 13.3 Å². The second-order valence-corrected chi connectivity index (χ2v) is 4.83. The highest BCUT2D eigenvalue weighted by Gasteiger charge is 2.24. The molecule has 4 heteroatoms. The van der Waals surface area contributed by atoms with Gasteiger partial charge < -0.3 is 4.65 Å². The molecule has 0 aromatic carbocycles. The zero-order valence-electron chi connectivity index (χ0n) is 10.3. The van der Waals surface area contributed by atoms with Gasteiger partial charge >= 0.3 is 0 Å². The zero-order chi connectivity index (χ0) is 12.1. The van der Waals surface area contributed by atoms with Gasteiger partial charge in [0.05, 0.1) is 0 Å². The van der Waals surface area contributed by atoms with Crippen LogP contribution in [-0.4, -0.2) is 24.4 Å². The molecule has 2 unspecified atom stereocenters. The molecule has 1 fully saturated rings. The van der Waals surface area contributed by atoms with E-state index in [0.717, 1.165) is 32.4 Å². The van der Waals surface area contributed by atoms with Gasteiger partial charge in [0, 0.05) is 24.4 Å². The Morgan fingerprint density at radius 1 is 1.53 bits per heavy atom. The molecule has 2 rings (SSSR count). The Morgan fingerprint density at radius 3 is 3.00 bits per heavy atom. The lowest BCUT2D eigenvalue weighted by Gasteiger charge is -2.27. The maximum atomic E-state index is 11.0. The van der Waals surface area contributed by atoms with Crippen LogP contribution in [-0.2, 0) is 15.9 Å². The summed E-state index contributed by atoms with van der Waals surface area (Å²) in [5.74, 6) is 0.770. The summed E-state index contributed by atoms with van der Waals surface area (Å²) in [5.41, 5.74) is 1.13. The molecular formula is C13H18BNO2. The Kier molecular flexibility index (Phi) is 4.32. The molecular weight excluding hydrogens is 213 g/mol. The molecule has 0 spiro atoms. The number of pyridine rings is 1. The van der Waals surface area contributed by atoms with Crippen molar-refractivity contribution in [3.05, 3.63) is 30.1 Å². The summed E-state index contributed by atoms with van der Waals surface area (Å²) in [6.07, 6.45) is 5.65. The maximum absolute atomic E-state index is 11.0. The smallest absolute Gasteiger partial charge is 0.278 e. The van der Waals surface area contributed by atoms with Gasteiger partial charge in [-0.05, 0) is 37.7 Å². The molecule has 2 atom stereocenters. The summed E-state index contributed by atoms with van der Waals surface area (Å²) in [6.45, 7) is 1.63. The highest BCUT2D eigenvalue weighted by atomic mass is 16.4. The van der Waals surface area contributed by atoms with E-state index in [4.69, 9.17) is 4.65 Å². The molecule has 17 heavy (non-hydrogen) atoms. The highest BCUT2D eigenvalue weighted by Crippen LogP contribution is 2.26. The lowest BCUT2D eigenvalue weighted by Crippen LogP contribution is -2.28. The van der Waals surface area contributed by atoms with Gasteiger partial charge in [-0.15, -0.1) is 0 Å². The van der Waals surface area contributed by atoms with Crippen LogP contribution >= 0.6 is 0 Å². The predicted octanol–water partition coefficient (Wildman–Crippen LogP) is 1.92. The molecule has 0 N–H and O–H groups in total. The summed E-state index contributed by atoms with van der Waals surface area (Å²) in [5, 5.41) is 0. The van der Waals surface area contributed by atoms with Crippen molar-refractivity contribution in [2.75, 3.05) is 0 Å². The summed E-state index contributed by atoms with van der Waals surface area (Å²) in [7, 11) is 0.758. The fraction of sp³-hybridized carbons (Fsp3) is 0.538. The van der Waals surface area contributed by atoms with E-state index in [1.807, 2.05) is 18.3 Å². The van der Waals surface area contributed by atoms with Crippen LogP contribution in [0.4, 0.5) is 0 Å². The molecule has 1 aromatic rings. The van der Waals surface area contributed by atoms with Crippen molar-refractivity contribution in [3.63, 3.8) is 0 Å². The normalized spacial score (nSPS) is 24.1. The lowest BCUT2D eigenvalue weighted by atomic mass is 9.70. The van der Waals surface area contributed by atoms with E-state index in [1.54, 1.807) is 6.92 Å². The fourth-order valence-corrected chi connectivity index (χ4v) is 2.32. The van der Waals surface area contributed by atoms with Crippen LogP contribution in [0.5, 0.6) is 0 Å². The quantitative estimate of drug-likeness (QED) is 0.743. The monoisotopic (exact) mass is 231 g/mol. The number of rotatable bonds is 4. The van der Waals surface area contributed by atoms with E-state index >= 15 is 0 Å². The first kappa shape index (κ1) is 12.3. The van der Waals surface area contributed by atoms with Gasteiger partial charge in [-0.3, -0.25) is 9.78 Å². The van der Waals surface area contributed by atoms with Crippen LogP contribution in [0, 0.1) is 0 Å². The van der Waals surface area contributed by atoms with Crippen molar-refractivity contribution in [2.24, 2.45) is 0 Å². The third-order valence-electron chi connectivity index (χ3n) is 3.20. The van der Waals surface area contributed by atoms with Crippen molar-refractivity contribution in [1.29, 1.82) is 0 Å². The summed E-state index contributed by atoms with van der Waals surface area (Å²) >= 11 is 0. The van der Waals surface area contributed by atoms with Crippen molar-refractivity contribution in [3.8, 4) is 0 Å². The minimum Gasteiger partial charge on any atom is -0.436 e. The minimum absolute atomic E-state index is 0.146. The number of carbonyl (C=O) groups is 1. The van der Waals surface area contributed by atoms with E-state index in [9.17, 15) is 4.79 Å². The maximum Gasteiger partial charge on any atom is 0.278 e. The minimum atomic E-state index is 0.146. The third-order valence-corrected chi connectivity index (χ3v) is 3.20. The van der Waals surface area contributed by atoms with E-state index in [0.29, 0.717) is 12.2 Å². The number of hydrogen-bond donors (Lipinski definition) is 0. The largest absolute Gasteiger partial charge is 0.436 e. The van der Waals surface area contributed by atoms with Crippen LogP contribution in [0.3, 0.4) is 0 Å². The van der Waals surface area contributed by atoms with Crippen LogP contribution in [0.25, 0.3) is 0 Å². The molecule has 0 aliphatic carbocycles. The van der Waals surface area contributed by atoms with Crippen LogP contribution < -0.4 is 0 Å². The van der Waals surface area contributed by atoms with Gasteiger partial charge in [0.25, 0.3) is 7.48 Å². The van der Waals surface area contributed by atoms with E-state index in [-0.39, 0.29) is 11.9 Å². The topological polar surface area (TPSA) is 39.2 Å². The van der Waals surface area contributed by atoms with Crippen LogP contribution in [0.1, 0.15) is 31.9 Å². The van der Waals surface area contributed by atoms with Gasteiger partial charge in [0.15, 0.2) is 0 Å². The number of hydrogen-bond acceptors (Lipinski definition) is 3. The molecule has 0 saturated carbocycles. The van der Waals surface area contributed by atoms with E-state index < -0.39 is 0 Å². The first-order valence-corrected chi connectivity index (χ1v) is 6.25. The summed E-state index contributed by atoms with van der Waals surface area (Å²) < 4.78 is 5.72. The Balaban J connectivity index is 1.78. The number of aromatic nitrogens is 1. The Bertz CT molecular complexity index is 361. The fourth-order valence-electron chi connectivity index (χ4n) is 2.32. The molecule has 3 nitrogen and oxygen atoms in total. The molecule has 90 valence electrons. The second-order valence-electron chi connectivity index (χ2n) is 4.83. The summed E-state index contributed by atoms with van der Waals surface area (Å²) in [6, 6.07) is 6.01. The Morgan fingerprint density at radius 2 is 2.41 bits per heavy atom. The van der Waals surface area contributed by atoms with Crippen molar-refractivity contribution in [1.82, 2.24) is 4.98 Å². The van der Waals surface area contributed by atoms with Gasteiger partial charge in [0.1, 0.15) is 5.78 Å². The molecule has 0 amide bonds. The number of carbonyl (C=O) groups excluding carboxylic acids is 1. The third kappa shape index (κ3) is 3.97. The lowest BCUT2D eigenvalue weighted by molar-refractivity contribution is -0.118. The Labute approximate surface area is 103 Å². The molecule has 0 radical (unpaired) electrons. The molecule has 1 aliphatic heterocycles. The van der Waals surface area contributed by atoms with Gasteiger partial charge in [-0.1, -0.05) is 12.5 Å². The number of ketones is 1. The van der Waals surface area contributed by atoms with Gasteiger partial charge in [0.2, 0.25) is 0 Å². The van der Waals surface area contributed by atoms with Crippen LogP contribution in [0.2, 0.25) is 5.82 Å². The Hall–Kier alpha value is -1.16. The standard InChI is InChI=1S/C13H18BNO2/c1-10(16)8-13-6-5-11(14-17-13)9-12-4-2-3-7-15-12/h2-4,7,11,13-14H,5-6,8-9H2,1H3. The molecule has 1 saturated heterocycles. The first-order chi connectivity index (χ1) is 8.24. The SMILES string of the molecule is CC(=O)CC1CCC(Cc2ccccn2)BO1. The van der Waals surface area contributed by atoms with Crippen molar-refractivity contribution < 1.29 is 9.45 Å². The summed E-state index contributed by atoms with van der Waals surface area (Å²) in [4.78, 5) is 15.3. The van der Waals surface area contributed by atoms with E-state index in [1.165, 1.54) is 0 Å². The van der Waals surface area contributed by atoms with Gasteiger partial charge in [-0.25, -0.2) is 0 Å². The predicted molar refractivity (Wildman–Crippen MR) is 68.2 cm³/mol. The highest BCUT2D eigenvalue weighted by molar-refractivity contribution is 6.30. The molecule has 1 aromatic heterocycles. The number of nitrogens with zero attached hydrogens (tertiary/aromatic N) is 1. The average Bonchev–Trinajstić information content (AvgIpc) is 2.32.